The smallest absolute Gasteiger partial charge is 0.181 e. The van der Waals surface area contributed by atoms with Crippen LogP contribution in [0.25, 0.3) is 32.6 Å². The molecule has 0 aliphatic carbocycles. The molecular weight excluding hydrogens is 294 g/mol. The zero-order chi connectivity index (χ0) is 14.6. The molecule has 2 aromatic heterocycles. The summed E-state index contributed by atoms with van der Waals surface area (Å²) in [5, 5.41) is 0.486. The lowest BCUT2D eigenvalue weighted by molar-refractivity contribution is 0.591. The van der Waals surface area contributed by atoms with Crippen LogP contribution in [0.5, 0.6) is 0 Å². The van der Waals surface area contributed by atoms with Crippen LogP contribution < -0.4 is 5.73 Å². The van der Waals surface area contributed by atoms with E-state index in [1.807, 2.05) is 18.2 Å². The van der Waals surface area contributed by atoms with E-state index in [4.69, 9.17) is 5.73 Å². The molecule has 0 spiro atoms. The summed E-state index contributed by atoms with van der Waals surface area (Å²) in [6, 6.07) is 7.54. The SMILES string of the molecule is Nc1nc2ccc(-c3nc4c(F)cc(F)cc4[nH]3)cc2s1. The van der Waals surface area contributed by atoms with Crippen molar-refractivity contribution < 1.29 is 8.78 Å². The van der Waals surface area contributed by atoms with Gasteiger partial charge in [-0.15, -0.1) is 0 Å². The Bertz CT molecular complexity index is 989. The zero-order valence-corrected chi connectivity index (χ0v) is 11.3. The molecule has 0 amide bonds. The highest BCUT2D eigenvalue weighted by Gasteiger charge is 2.12. The summed E-state index contributed by atoms with van der Waals surface area (Å²) in [6.45, 7) is 0. The first-order valence-electron chi connectivity index (χ1n) is 6.11. The quantitative estimate of drug-likeness (QED) is 0.563. The zero-order valence-electron chi connectivity index (χ0n) is 10.5. The monoisotopic (exact) mass is 302 g/mol. The van der Waals surface area contributed by atoms with E-state index in [0.29, 0.717) is 16.5 Å². The minimum absolute atomic E-state index is 0.121. The number of thiazole rings is 1. The number of hydrogen-bond donors (Lipinski definition) is 2. The topological polar surface area (TPSA) is 67.6 Å². The Morgan fingerprint density at radius 2 is 1.95 bits per heavy atom. The normalized spacial score (nSPS) is 11.5. The van der Waals surface area contributed by atoms with Crippen molar-refractivity contribution in [2.45, 2.75) is 0 Å². The molecule has 4 rings (SSSR count). The second-order valence-electron chi connectivity index (χ2n) is 4.60. The Balaban J connectivity index is 1.92. The summed E-state index contributed by atoms with van der Waals surface area (Å²) < 4.78 is 27.8. The summed E-state index contributed by atoms with van der Waals surface area (Å²) >= 11 is 1.36. The molecule has 7 heteroatoms. The minimum atomic E-state index is -0.685. The van der Waals surface area contributed by atoms with Gasteiger partial charge >= 0.3 is 0 Å². The number of rotatable bonds is 1. The number of nitrogens with two attached hydrogens (primary N) is 1. The number of imidazole rings is 1. The molecule has 0 saturated heterocycles. The van der Waals surface area contributed by atoms with Crippen LogP contribution in [0.3, 0.4) is 0 Å². The molecule has 0 radical (unpaired) electrons. The average molecular weight is 302 g/mol. The number of aromatic nitrogens is 3. The third-order valence-electron chi connectivity index (χ3n) is 3.18. The van der Waals surface area contributed by atoms with Crippen LogP contribution in [0.1, 0.15) is 0 Å². The van der Waals surface area contributed by atoms with Crippen LogP contribution in [0.2, 0.25) is 0 Å². The second-order valence-corrected chi connectivity index (χ2v) is 5.67. The van der Waals surface area contributed by atoms with Gasteiger partial charge < -0.3 is 10.7 Å². The van der Waals surface area contributed by atoms with Crippen LogP contribution in [0.4, 0.5) is 13.9 Å². The van der Waals surface area contributed by atoms with Gasteiger partial charge in [-0.25, -0.2) is 18.7 Å². The maximum atomic E-state index is 13.7. The van der Waals surface area contributed by atoms with E-state index in [9.17, 15) is 8.78 Å². The maximum Gasteiger partial charge on any atom is 0.181 e. The molecule has 4 aromatic rings. The van der Waals surface area contributed by atoms with Crippen LogP contribution in [-0.4, -0.2) is 15.0 Å². The molecule has 0 saturated carbocycles. The summed E-state index contributed by atoms with van der Waals surface area (Å²) in [5.74, 6) is -0.847. The Hall–Kier alpha value is -2.54. The fourth-order valence-corrected chi connectivity index (χ4v) is 3.04. The number of nitrogens with zero attached hydrogens (tertiary/aromatic N) is 2. The predicted molar refractivity (Wildman–Crippen MR) is 79.0 cm³/mol. The fourth-order valence-electron chi connectivity index (χ4n) is 2.27. The highest BCUT2D eigenvalue weighted by atomic mass is 32.1. The molecule has 2 heterocycles. The number of aromatic amines is 1. The molecular formula is C14H8F2N4S. The molecule has 0 aliphatic rings. The molecule has 0 bridgehead atoms. The maximum absolute atomic E-state index is 13.7. The lowest BCUT2D eigenvalue weighted by Gasteiger charge is -1.95. The van der Waals surface area contributed by atoms with Crippen molar-refractivity contribution in [1.29, 1.82) is 0 Å². The Kier molecular flexibility index (Phi) is 2.46. The van der Waals surface area contributed by atoms with Gasteiger partial charge in [0.1, 0.15) is 17.2 Å². The number of benzene rings is 2. The molecule has 0 unspecified atom stereocenters. The second kappa shape index (κ2) is 4.23. The number of nitrogens with one attached hydrogen (secondary N) is 1. The third kappa shape index (κ3) is 1.93. The van der Waals surface area contributed by atoms with Crippen molar-refractivity contribution in [2.75, 3.05) is 5.73 Å². The third-order valence-corrected chi connectivity index (χ3v) is 4.03. The number of nitrogen functional groups attached to an aromatic ring is 1. The van der Waals surface area contributed by atoms with Crippen molar-refractivity contribution in [2.24, 2.45) is 0 Å². The number of hydrogen-bond acceptors (Lipinski definition) is 4. The van der Waals surface area contributed by atoms with Gasteiger partial charge in [-0.2, -0.15) is 0 Å². The Morgan fingerprint density at radius 3 is 2.81 bits per heavy atom. The van der Waals surface area contributed by atoms with Crippen molar-refractivity contribution in [3.05, 3.63) is 42.0 Å². The van der Waals surface area contributed by atoms with E-state index in [2.05, 4.69) is 15.0 Å². The molecule has 4 nitrogen and oxygen atoms in total. The average Bonchev–Trinajstić information content (AvgIpc) is 2.99. The highest BCUT2D eigenvalue weighted by Crippen LogP contribution is 2.29. The predicted octanol–water partition coefficient (Wildman–Crippen LogP) is 3.70. The van der Waals surface area contributed by atoms with Crippen molar-refractivity contribution in [3.63, 3.8) is 0 Å². The number of fused-ring (bicyclic) bond motifs is 2. The molecule has 0 fully saturated rings. The summed E-state index contributed by atoms with van der Waals surface area (Å²) in [7, 11) is 0. The van der Waals surface area contributed by atoms with Crippen molar-refractivity contribution >= 4 is 37.7 Å². The van der Waals surface area contributed by atoms with E-state index in [1.165, 1.54) is 17.4 Å². The Morgan fingerprint density at radius 1 is 1.10 bits per heavy atom. The standard InChI is InChI=1S/C14H8F2N4S/c15-7-4-8(16)12-10(5-7)18-13(20-12)6-1-2-9-11(3-6)21-14(17)19-9/h1-5H,(H2,17,19)(H,18,20). The van der Waals surface area contributed by atoms with Gasteiger partial charge in [-0.1, -0.05) is 11.3 Å². The molecule has 0 aliphatic heterocycles. The first kappa shape index (κ1) is 12.2. The number of anilines is 1. The first-order chi connectivity index (χ1) is 10.1. The van der Waals surface area contributed by atoms with Crippen LogP contribution in [0, 0.1) is 11.6 Å². The van der Waals surface area contributed by atoms with Gasteiger partial charge in [0.25, 0.3) is 0 Å². The lowest BCUT2D eigenvalue weighted by atomic mass is 10.2. The van der Waals surface area contributed by atoms with E-state index >= 15 is 0 Å². The Labute approximate surface area is 121 Å². The molecule has 0 atom stereocenters. The van der Waals surface area contributed by atoms with Gasteiger partial charge in [-0.3, -0.25) is 0 Å². The highest BCUT2D eigenvalue weighted by molar-refractivity contribution is 7.22. The van der Waals surface area contributed by atoms with Gasteiger partial charge in [0.2, 0.25) is 0 Å². The number of halogens is 2. The summed E-state index contributed by atoms with van der Waals surface area (Å²) in [5.41, 5.74) is 7.68. The van der Waals surface area contributed by atoms with Gasteiger partial charge in [0, 0.05) is 11.6 Å². The molecule has 2 aromatic carbocycles. The van der Waals surface area contributed by atoms with E-state index in [1.54, 1.807) is 0 Å². The molecule has 104 valence electrons. The van der Waals surface area contributed by atoms with Gasteiger partial charge in [0.05, 0.1) is 15.7 Å². The minimum Gasteiger partial charge on any atom is -0.375 e. The largest absolute Gasteiger partial charge is 0.375 e. The lowest BCUT2D eigenvalue weighted by Crippen LogP contribution is -1.81. The van der Waals surface area contributed by atoms with Crippen molar-refractivity contribution in [3.8, 4) is 11.4 Å². The first-order valence-corrected chi connectivity index (χ1v) is 6.93. The van der Waals surface area contributed by atoms with E-state index in [0.717, 1.165) is 21.8 Å². The summed E-state index contributed by atoms with van der Waals surface area (Å²) in [4.78, 5) is 11.3. The van der Waals surface area contributed by atoms with Gasteiger partial charge in [-0.05, 0) is 24.3 Å². The van der Waals surface area contributed by atoms with Crippen LogP contribution in [-0.2, 0) is 0 Å². The fraction of sp³-hybridized carbons (Fsp3) is 0. The van der Waals surface area contributed by atoms with Crippen LogP contribution >= 0.6 is 11.3 Å². The van der Waals surface area contributed by atoms with Crippen LogP contribution in [0.15, 0.2) is 30.3 Å². The molecule has 21 heavy (non-hydrogen) atoms. The van der Waals surface area contributed by atoms with E-state index in [-0.39, 0.29) is 5.52 Å². The van der Waals surface area contributed by atoms with E-state index < -0.39 is 11.6 Å². The summed E-state index contributed by atoms with van der Waals surface area (Å²) in [6.07, 6.45) is 0. The van der Waals surface area contributed by atoms with Gasteiger partial charge in [0.15, 0.2) is 10.9 Å². The molecule has 3 N–H and O–H groups in total. The number of H-pyrrole nitrogens is 1. The van der Waals surface area contributed by atoms with Crippen molar-refractivity contribution in [1.82, 2.24) is 15.0 Å².